The van der Waals surface area contributed by atoms with Crippen LogP contribution in [0, 0.1) is 17.8 Å². The predicted octanol–water partition coefficient (Wildman–Crippen LogP) is 3.01. The number of nitrogens with zero attached hydrogens (tertiary/aromatic N) is 2. The normalized spacial score (nSPS) is 30.6. The van der Waals surface area contributed by atoms with Gasteiger partial charge in [0.2, 0.25) is 0 Å². The fraction of sp³-hybridized carbons (Fsp3) is 0.688. The van der Waals surface area contributed by atoms with Crippen molar-refractivity contribution in [2.24, 2.45) is 17.8 Å². The van der Waals surface area contributed by atoms with E-state index >= 15 is 0 Å². The lowest BCUT2D eigenvalue weighted by Gasteiger charge is -2.29. The number of fused-ring (bicyclic) bond motifs is 2. The summed E-state index contributed by atoms with van der Waals surface area (Å²) in [7, 11) is 2.11. The summed E-state index contributed by atoms with van der Waals surface area (Å²) in [6.45, 7) is 2.89. The van der Waals surface area contributed by atoms with Crippen LogP contribution in [0.5, 0.6) is 0 Å². The standard InChI is InChI=1S/C16H24N2O/c1-11(19)15-4-3-7-17-16(15)18(2)10-14-9-12-5-6-13(14)8-12/h3-4,7,11-14,19H,5-6,8-10H2,1-2H3/t11-,12?,13?,14?/m0/s1. The highest BCUT2D eigenvalue weighted by Gasteiger charge is 2.39. The molecular formula is C16H24N2O. The number of aromatic nitrogens is 1. The van der Waals surface area contributed by atoms with E-state index in [9.17, 15) is 5.11 Å². The Morgan fingerprint density at radius 2 is 2.26 bits per heavy atom. The molecule has 0 radical (unpaired) electrons. The van der Waals surface area contributed by atoms with Gasteiger partial charge in [0.25, 0.3) is 0 Å². The molecule has 4 atom stereocenters. The van der Waals surface area contributed by atoms with E-state index in [0.29, 0.717) is 0 Å². The molecule has 1 aromatic heterocycles. The van der Waals surface area contributed by atoms with E-state index in [2.05, 4.69) is 16.9 Å². The van der Waals surface area contributed by atoms with Crippen molar-refractivity contribution in [3.8, 4) is 0 Å². The molecule has 2 bridgehead atoms. The smallest absolute Gasteiger partial charge is 0.134 e. The van der Waals surface area contributed by atoms with Crippen LogP contribution >= 0.6 is 0 Å². The molecule has 2 aliphatic carbocycles. The van der Waals surface area contributed by atoms with Crippen molar-refractivity contribution in [3.63, 3.8) is 0 Å². The molecule has 0 spiro atoms. The Hall–Kier alpha value is -1.09. The molecule has 104 valence electrons. The number of hydrogen-bond donors (Lipinski definition) is 1. The fourth-order valence-electron chi connectivity index (χ4n) is 4.09. The quantitative estimate of drug-likeness (QED) is 0.904. The van der Waals surface area contributed by atoms with Gasteiger partial charge in [0.05, 0.1) is 6.10 Å². The van der Waals surface area contributed by atoms with E-state index in [0.717, 1.165) is 35.7 Å². The van der Waals surface area contributed by atoms with Crippen LogP contribution in [0.4, 0.5) is 5.82 Å². The van der Waals surface area contributed by atoms with Gasteiger partial charge in [-0.25, -0.2) is 4.98 Å². The molecule has 3 heteroatoms. The molecule has 0 aromatic carbocycles. The van der Waals surface area contributed by atoms with Crippen molar-refractivity contribution in [1.82, 2.24) is 4.98 Å². The summed E-state index contributed by atoms with van der Waals surface area (Å²) in [6.07, 6.45) is 7.09. The van der Waals surface area contributed by atoms with Gasteiger partial charge in [0.15, 0.2) is 0 Å². The van der Waals surface area contributed by atoms with Crippen LogP contribution in [0.3, 0.4) is 0 Å². The summed E-state index contributed by atoms with van der Waals surface area (Å²) in [5.41, 5.74) is 0.938. The highest BCUT2D eigenvalue weighted by atomic mass is 16.3. The van der Waals surface area contributed by atoms with Crippen LogP contribution < -0.4 is 4.90 Å². The topological polar surface area (TPSA) is 36.4 Å². The molecule has 1 heterocycles. The minimum atomic E-state index is -0.453. The second kappa shape index (κ2) is 5.12. The average Bonchev–Trinajstić information content (AvgIpc) is 3.01. The minimum Gasteiger partial charge on any atom is -0.389 e. The van der Waals surface area contributed by atoms with Crippen LogP contribution in [0.2, 0.25) is 0 Å². The average molecular weight is 260 g/mol. The maximum absolute atomic E-state index is 9.85. The van der Waals surface area contributed by atoms with Crippen LogP contribution in [-0.4, -0.2) is 23.7 Å². The zero-order chi connectivity index (χ0) is 13.4. The Kier molecular flexibility index (Phi) is 3.48. The zero-order valence-corrected chi connectivity index (χ0v) is 11.9. The second-order valence-corrected chi connectivity index (χ2v) is 6.41. The largest absolute Gasteiger partial charge is 0.389 e. The van der Waals surface area contributed by atoms with Gasteiger partial charge >= 0.3 is 0 Å². The molecule has 0 saturated heterocycles. The molecule has 0 amide bonds. The second-order valence-electron chi connectivity index (χ2n) is 6.41. The first-order chi connectivity index (χ1) is 9.15. The number of anilines is 1. The Morgan fingerprint density at radius 3 is 2.89 bits per heavy atom. The minimum absolute atomic E-state index is 0.453. The molecular weight excluding hydrogens is 236 g/mol. The summed E-state index contributed by atoms with van der Waals surface area (Å²) in [5, 5.41) is 9.85. The van der Waals surface area contributed by atoms with Crippen molar-refractivity contribution in [2.75, 3.05) is 18.5 Å². The highest BCUT2D eigenvalue weighted by molar-refractivity contribution is 5.47. The lowest BCUT2D eigenvalue weighted by atomic mass is 9.88. The first kappa shape index (κ1) is 12.9. The molecule has 1 aromatic rings. The fourth-order valence-corrected chi connectivity index (χ4v) is 4.09. The third kappa shape index (κ3) is 2.48. The first-order valence-corrected chi connectivity index (χ1v) is 7.49. The van der Waals surface area contributed by atoms with Crippen molar-refractivity contribution in [1.29, 1.82) is 0 Å². The van der Waals surface area contributed by atoms with Crippen LogP contribution in [-0.2, 0) is 0 Å². The Bertz CT molecular complexity index is 446. The molecule has 3 rings (SSSR count). The van der Waals surface area contributed by atoms with E-state index in [-0.39, 0.29) is 0 Å². The lowest BCUT2D eigenvalue weighted by molar-refractivity contribution is 0.199. The highest BCUT2D eigenvalue weighted by Crippen LogP contribution is 2.48. The van der Waals surface area contributed by atoms with E-state index < -0.39 is 6.10 Å². The Morgan fingerprint density at radius 1 is 1.42 bits per heavy atom. The number of hydrogen-bond acceptors (Lipinski definition) is 3. The third-order valence-electron chi connectivity index (χ3n) is 5.02. The summed E-state index contributed by atoms with van der Waals surface area (Å²) in [4.78, 5) is 6.71. The zero-order valence-electron chi connectivity index (χ0n) is 11.9. The van der Waals surface area contributed by atoms with Crippen LogP contribution in [0.25, 0.3) is 0 Å². The lowest BCUT2D eigenvalue weighted by Crippen LogP contribution is -2.30. The third-order valence-corrected chi connectivity index (χ3v) is 5.02. The van der Waals surface area contributed by atoms with Gasteiger partial charge in [0.1, 0.15) is 5.82 Å². The maximum Gasteiger partial charge on any atom is 0.134 e. The Labute approximate surface area is 115 Å². The van der Waals surface area contributed by atoms with Gasteiger partial charge in [-0.1, -0.05) is 12.5 Å². The summed E-state index contributed by atoms with van der Waals surface area (Å²) < 4.78 is 0. The summed E-state index contributed by atoms with van der Waals surface area (Å²) in [5.74, 6) is 3.70. The first-order valence-electron chi connectivity index (χ1n) is 7.49. The molecule has 19 heavy (non-hydrogen) atoms. The van der Waals surface area contributed by atoms with Crippen molar-refractivity contribution >= 4 is 5.82 Å². The van der Waals surface area contributed by atoms with Crippen LogP contribution in [0.15, 0.2) is 18.3 Å². The number of rotatable bonds is 4. The molecule has 3 unspecified atom stereocenters. The molecule has 0 aliphatic heterocycles. The SMILES string of the molecule is C[C@H](O)c1cccnc1N(C)CC1CC2CCC1C2. The van der Waals surface area contributed by atoms with Gasteiger partial charge in [-0.2, -0.15) is 0 Å². The Balaban J connectivity index is 1.72. The van der Waals surface area contributed by atoms with Gasteiger partial charge in [-0.15, -0.1) is 0 Å². The van der Waals surface area contributed by atoms with Crippen molar-refractivity contribution < 1.29 is 5.11 Å². The van der Waals surface area contributed by atoms with E-state index in [1.165, 1.54) is 25.7 Å². The molecule has 2 fully saturated rings. The van der Waals surface area contributed by atoms with E-state index in [1.807, 2.05) is 25.3 Å². The van der Waals surface area contributed by atoms with Crippen molar-refractivity contribution in [3.05, 3.63) is 23.9 Å². The van der Waals surface area contributed by atoms with E-state index in [1.54, 1.807) is 0 Å². The monoisotopic (exact) mass is 260 g/mol. The molecule has 3 nitrogen and oxygen atoms in total. The predicted molar refractivity (Wildman–Crippen MR) is 77.1 cm³/mol. The van der Waals surface area contributed by atoms with Crippen molar-refractivity contribution in [2.45, 2.75) is 38.7 Å². The van der Waals surface area contributed by atoms with Gasteiger partial charge in [0, 0.05) is 25.4 Å². The van der Waals surface area contributed by atoms with Crippen LogP contribution in [0.1, 0.15) is 44.3 Å². The number of pyridine rings is 1. The van der Waals surface area contributed by atoms with E-state index in [4.69, 9.17) is 0 Å². The summed E-state index contributed by atoms with van der Waals surface area (Å²) >= 11 is 0. The number of aliphatic hydroxyl groups excluding tert-OH is 1. The van der Waals surface area contributed by atoms with Gasteiger partial charge in [-0.05, 0) is 50.0 Å². The maximum atomic E-state index is 9.85. The number of aliphatic hydroxyl groups is 1. The van der Waals surface area contributed by atoms with Gasteiger partial charge < -0.3 is 10.0 Å². The molecule has 1 N–H and O–H groups in total. The summed E-state index contributed by atoms with van der Waals surface area (Å²) in [6, 6.07) is 3.88. The van der Waals surface area contributed by atoms with Gasteiger partial charge in [-0.3, -0.25) is 0 Å². The molecule has 2 aliphatic rings. The molecule has 2 saturated carbocycles.